The summed E-state index contributed by atoms with van der Waals surface area (Å²) in [5, 5.41) is 0. The van der Waals surface area contributed by atoms with Gasteiger partial charge in [-0.05, 0) is 12.0 Å². The first-order valence-electron chi connectivity index (χ1n) is 6.18. The second-order valence-corrected chi connectivity index (χ2v) is 4.55. The lowest BCUT2D eigenvalue weighted by Gasteiger charge is -2.15. The van der Waals surface area contributed by atoms with Gasteiger partial charge in [0.15, 0.2) is 0 Å². The number of ether oxygens (including phenoxy) is 1. The van der Waals surface area contributed by atoms with Crippen LogP contribution >= 0.6 is 0 Å². The first kappa shape index (κ1) is 12.1. The smallest absolute Gasteiger partial charge is 0.225 e. The van der Waals surface area contributed by atoms with Crippen LogP contribution in [0.25, 0.3) is 0 Å². The molecule has 0 spiro atoms. The summed E-state index contributed by atoms with van der Waals surface area (Å²) < 4.78 is 5.57. The third-order valence-electron chi connectivity index (χ3n) is 3.18. The van der Waals surface area contributed by atoms with E-state index in [1.54, 1.807) is 0 Å². The number of benzene rings is 1. The van der Waals surface area contributed by atoms with Crippen molar-refractivity contribution in [3.63, 3.8) is 0 Å². The fourth-order valence-electron chi connectivity index (χ4n) is 2.06. The topological polar surface area (TPSA) is 29.5 Å². The van der Waals surface area contributed by atoms with E-state index in [0.717, 1.165) is 19.5 Å². The van der Waals surface area contributed by atoms with Gasteiger partial charge in [-0.25, -0.2) is 0 Å². The van der Waals surface area contributed by atoms with Gasteiger partial charge in [-0.15, -0.1) is 0 Å². The van der Waals surface area contributed by atoms with Crippen molar-refractivity contribution in [1.82, 2.24) is 4.90 Å². The molecule has 1 atom stereocenters. The lowest BCUT2D eigenvalue weighted by Crippen LogP contribution is -2.30. The molecular weight excluding hydrogens is 214 g/mol. The average molecular weight is 233 g/mol. The summed E-state index contributed by atoms with van der Waals surface area (Å²) in [6.07, 6.45) is 0.984. The molecule has 1 aliphatic rings. The van der Waals surface area contributed by atoms with Crippen LogP contribution in [0, 0.1) is 5.92 Å². The van der Waals surface area contributed by atoms with E-state index in [1.807, 2.05) is 42.2 Å². The molecular formula is C14H19NO2. The molecule has 1 aliphatic heterocycles. The number of carbonyl (C=O) groups is 1. The Hall–Kier alpha value is -1.35. The Morgan fingerprint density at radius 3 is 2.76 bits per heavy atom. The number of hydrogen-bond acceptors (Lipinski definition) is 2. The average Bonchev–Trinajstić information content (AvgIpc) is 2.67. The Morgan fingerprint density at radius 2 is 2.12 bits per heavy atom. The highest BCUT2D eigenvalue weighted by Gasteiger charge is 2.27. The number of hydrogen-bond donors (Lipinski definition) is 0. The maximum atomic E-state index is 11.6. The monoisotopic (exact) mass is 233 g/mol. The van der Waals surface area contributed by atoms with Gasteiger partial charge in [0.05, 0.1) is 13.2 Å². The van der Waals surface area contributed by atoms with E-state index < -0.39 is 0 Å². The summed E-state index contributed by atoms with van der Waals surface area (Å²) in [5.74, 6) is 0.470. The summed E-state index contributed by atoms with van der Waals surface area (Å²) >= 11 is 0. The number of likely N-dealkylation sites (tertiary alicyclic amines) is 1. The molecule has 3 nitrogen and oxygen atoms in total. The van der Waals surface area contributed by atoms with Gasteiger partial charge >= 0.3 is 0 Å². The highest BCUT2D eigenvalue weighted by molar-refractivity contribution is 5.80. The maximum Gasteiger partial charge on any atom is 0.225 e. The molecule has 0 aliphatic carbocycles. The van der Waals surface area contributed by atoms with Crippen LogP contribution < -0.4 is 0 Å². The zero-order valence-electron chi connectivity index (χ0n) is 10.3. The van der Waals surface area contributed by atoms with Gasteiger partial charge in [-0.3, -0.25) is 4.79 Å². The molecule has 1 heterocycles. The van der Waals surface area contributed by atoms with Gasteiger partial charge in [-0.1, -0.05) is 37.3 Å². The van der Waals surface area contributed by atoms with Crippen LogP contribution in [-0.4, -0.2) is 30.5 Å². The number of rotatable bonds is 5. The minimum absolute atomic E-state index is 0.198. The number of nitrogens with zero attached hydrogens (tertiary/aromatic N) is 1. The van der Waals surface area contributed by atoms with Crippen LogP contribution in [0.15, 0.2) is 30.3 Å². The fourth-order valence-corrected chi connectivity index (χ4v) is 2.06. The van der Waals surface area contributed by atoms with Crippen molar-refractivity contribution < 1.29 is 9.53 Å². The van der Waals surface area contributed by atoms with Crippen molar-refractivity contribution in [3.05, 3.63) is 35.9 Å². The van der Waals surface area contributed by atoms with Gasteiger partial charge in [0.2, 0.25) is 5.91 Å². The number of carbonyl (C=O) groups excluding carboxylic acids is 1. The first-order valence-corrected chi connectivity index (χ1v) is 6.18. The van der Waals surface area contributed by atoms with Crippen molar-refractivity contribution in [2.45, 2.75) is 20.0 Å². The second-order valence-electron chi connectivity index (χ2n) is 4.55. The van der Waals surface area contributed by atoms with Gasteiger partial charge in [0.1, 0.15) is 0 Å². The van der Waals surface area contributed by atoms with Crippen LogP contribution in [0.1, 0.15) is 18.9 Å². The lowest BCUT2D eigenvalue weighted by atomic mass is 10.1. The first-order chi connectivity index (χ1) is 8.27. The predicted octanol–water partition coefficient (Wildman–Crippen LogP) is 2.07. The molecule has 0 bridgehead atoms. The molecule has 0 radical (unpaired) electrons. The molecule has 1 aromatic rings. The van der Waals surface area contributed by atoms with E-state index in [0.29, 0.717) is 13.2 Å². The molecule has 1 amide bonds. The Balaban J connectivity index is 1.65. The molecule has 3 heteroatoms. The predicted molar refractivity (Wildman–Crippen MR) is 66.5 cm³/mol. The lowest BCUT2D eigenvalue weighted by molar-refractivity contribution is -0.131. The molecule has 0 N–H and O–H groups in total. The molecule has 1 aromatic carbocycles. The van der Waals surface area contributed by atoms with Crippen molar-refractivity contribution >= 4 is 5.91 Å². The SMILES string of the molecule is C[C@@H]1CCN(CCOCc2ccccc2)C1=O. The van der Waals surface area contributed by atoms with Crippen molar-refractivity contribution in [2.75, 3.05) is 19.7 Å². The quantitative estimate of drug-likeness (QED) is 0.729. The van der Waals surface area contributed by atoms with Crippen LogP contribution in [0.2, 0.25) is 0 Å². The summed E-state index contributed by atoms with van der Waals surface area (Å²) in [6, 6.07) is 10.1. The summed E-state index contributed by atoms with van der Waals surface area (Å²) in [4.78, 5) is 13.5. The Kier molecular flexibility index (Phi) is 4.15. The standard InChI is InChI=1S/C14H19NO2/c1-12-7-8-15(14(12)16)9-10-17-11-13-5-3-2-4-6-13/h2-6,12H,7-11H2,1H3/t12-/m1/s1. The third-order valence-corrected chi connectivity index (χ3v) is 3.18. The molecule has 1 saturated heterocycles. The normalized spacial score (nSPS) is 19.9. The summed E-state index contributed by atoms with van der Waals surface area (Å²) in [5.41, 5.74) is 1.17. The van der Waals surface area contributed by atoms with E-state index in [2.05, 4.69) is 0 Å². The summed E-state index contributed by atoms with van der Waals surface area (Å²) in [6.45, 7) is 4.84. The molecule has 92 valence electrons. The number of amides is 1. The van der Waals surface area contributed by atoms with Crippen molar-refractivity contribution in [3.8, 4) is 0 Å². The van der Waals surface area contributed by atoms with E-state index in [9.17, 15) is 4.79 Å². The molecule has 17 heavy (non-hydrogen) atoms. The second kappa shape index (κ2) is 5.82. The zero-order chi connectivity index (χ0) is 12.1. The van der Waals surface area contributed by atoms with Gasteiger partial charge in [0.25, 0.3) is 0 Å². The van der Waals surface area contributed by atoms with Crippen LogP contribution in [-0.2, 0) is 16.1 Å². The Bertz CT molecular complexity index is 364. The Morgan fingerprint density at radius 1 is 1.35 bits per heavy atom. The highest BCUT2D eigenvalue weighted by atomic mass is 16.5. The van der Waals surface area contributed by atoms with E-state index in [4.69, 9.17) is 4.74 Å². The minimum atomic E-state index is 0.198. The Labute approximate surface area is 102 Å². The summed E-state index contributed by atoms with van der Waals surface area (Å²) in [7, 11) is 0. The maximum absolute atomic E-state index is 11.6. The third kappa shape index (κ3) is 3.30. The molecule has 0 saturated carbocycles. The van der Waals surface area contributed by atoms with Gasteiger partial charge in [-0.2, -0.15) is 0 Å². The largest absolute Gasteiger partial charge is 0.375 e. The van der Waals surface area contributed by atoms with Gasteiger partial charge in [0, 0.05) is 19.0 Å². The molecule has 0 unspecified atom stereocenters. The van der Waals surface area contributed by atoms with Crippen LogP contribution in [0.3, 0.4) is 0 Å². The molecule has 1 fully saturated rings. The molecule has 2 rings (SSSR count). The van der Waals surface area contributed by atoms with E-state index >= 15 is 0 Å². The minimum Gasteiger partial charge on any atom is -0.375 e. The highest BCUT2D eigenvalue weighted by Crippen LogP contribution is 2.16. The molecule has 0 aromatic heterocycles. The van der Waals surface area contributed by atoms with Crippen molar-refractivity contribution in [1.29, 1.82) is 0 Å². The van der Waals surface area contributed by atoms with E-state index in [1.165, 1.54) is 5.56 Å². The van der Waals surface area contributed by atoms with E-state index in [-0.39, 0.29) is 11.8 Å². The van der Waals surface area contributed by atoms with Crippen LogP contribution in [0.5, 0.6) is 0 Å². The van der Waals surface area contributed by atoms with Gasteiger partial charge < -0.3 is 9.64 Å². The zero-order valence-corrected chi connectivity index (χ0v) is 10.3. The van der Waals surface area contributed by atoms with Crippen LogP contribution in [0.4, 0.5) is 0 Å². The van der Waals surface area contributed by atoms with Crippen molar-refractivity contribution in [2.24, 2.45) is 5.92 Å². The fraction of sp³-hybridized carbons (Fsp3) is 0.500.